The molecule has 2 aromatic heterocycles. The lowest BCUT2D eigenvalue weighted by Gasteiger charge is -2.51. The van der Waals surface area contributed by atoms with Gasteiger partial charge in [0.25, 0.3) is 0 Å². The number of aromatic nitrogens is 4. The van der Waals surface area contributed by atoms with E-state index in [1.807, 2.05) is 35.0 Å². The van der Waals surface area contributed by atoms with E-state index in [1.165, 1.54) is 28.5 Å². The molecule has 0 N–H and O–H groups in total. The van der Waals surface area contributed by atoms with Gasteiger partial charge in [-0.15, -0.1) is 0 Å². The van der Waals surface area contributed by atoms with Crippen molar-refractivity contribution in [1.82, 2.24) is 24.5 Å². The van der Waals surface area contributed by atoms with Crippen LogP contribution in [0.3, 0.4) is 0 Å². The topological polar surface area (TPSA) is 48.1 Å². The SMILES string of the molecule is Cc1cc2cnn(-c3cnn(C)c3)c2cc1[C@@H]1CCN(C2(C)COC2)C[C@H]1C. The largest absolute Gasteiger partial charge is 0.377 e. The van der Waals surface area contributed by atoms with Crippen LogP contribution in [0.5, 0.6) is 0 Å². The highest BCUT2D eigenvalue weighted by molar-refractivity contribution is 5.82. The molecule has 1 aromatic carbocycles. The van der Waals surface area contributed by atoms with Crippen molar-refractivity contribution >= 4 is 10.9 Å². The van der Waals surface area contributed by atoms with Gasteiger partial charge in [-0.1, -0.05) is 6.92 Å². The summed E-state index contributed by atoms with van der Waals surface area (Å²) in [5.74, 6) is 1.21. The number of ether oxygens (including phenoxy) is 1. The van der Waals surface area contributed by atoms with Gasteiger partial charge in [0.2, 0.25) is 0 Å². The lowest BCUT2D eigenvalue weighted by Crippen LogP contribution is -2.62. The summed E-state index contributed by atoms with van der Waals surface area (Å²) < 4.78 is 9.33. The Balaban J connectivity index is 1.48. The molecule has 6 heteroatoms. The summed E-state index contributed by atoms with van der Waals surface area (Å²) in [5.41, 5.74) is 5.27. The first-order chi connectivity index (χ1) is 13.4. The van der Waals surface area contributed by atoms with Gasteiger partial charge in [-0.2, -0.15) is 10.2 Å². The molecule has 2 saturated heterocycles. The van der Waals surface area contributed by atoms with Crippen LogP contribution in [-0.2, 0) is 11.8 Å². The number of fused-ring (bicyclic) bond motifs is 1. The number of rotatable bonds is 3. The van der Waals surface area contributed by atoms with Gasteiger partial charge in [0.15, 0.2) is 0 Å². The number of hydrogen-bond donors (Lipinski definition) is 0. The molecule has 0 spiro atoms. The fraction of sp³-hybridized carbons (Fsp3) is 0.545. The highest BCUT2D eigenvalue weighted by Crippen LogP contribution is 2.39. The summed E-state index contributed by atoms with van der Waals surface area (Å²) in [4.78, 5) is 2.64. The second-order valence-electron chi connectivity index (χ2n) is 9.00. The van der Waals surface area contributed by atoms with Crippen LogP contribution in [0.4, 0.5) is 0 Å². The normalized spacial score (nSPS) is 25.1. The van der Waals surface area contributed by atoms with Gasteiger partial charge in [0.1, 0.15) is 5.69 Å². The summed E-state index contributed by atoms with van der Waals surface area (Å²) in [6.07, 6.45) is 7.04. The lowest BCUT2D eigenvalue weighted by molar-refractivity contribution is -0.141. The second kappa shape index (κ2) is 6.42. The van der Waals surface area contributed by atoms with Crippen LogP contribution in [0.25, 0.3) is 16.6 Å². The molecule has 3 aromatic rings. The van der Waals surface area contributed by atoms with Crippen LogP contribution < -0.4 is 0 Å². The van der Waals surface area contributed by atoms with E-state index in [9.17, 15) is 0 Å². The van der Waals surface area contributed by atoms with Gasteiger partial charge in [0, 0.05) is 19.0 Å². The summed E-state index contributed by atoms with van der Waals surface area (Å²) in [6.45, 7) is 11.0. The smallest absolute Gasteiger partial charge is 0.103 e. The molecule has 4 heterocycles. The fourth-order valence-corrected chi connectivity index (χ4v) is 5.00. The highest BCUT2D eigenvalue weighted by Gasteiger charge is 2.42. The van der Waals surface area contributed by atoms with E-state index in [-0.39, 0.29) is 5.54 Å². The third kappa shape index (κ3) is 2.78. The minimum Gasteiger partial charge on any atom is -0.377 e. The minimum atomic E-state index is 0.247. The zero-order valence-electron chi connectivity index (χ0n) is 17.2. The third-order valence-electron chi connectivity index (χ3n) is 6.79. The first kappa shape index (κ1) is 17.9. The molecule has 0 bridgehead atoms. The van der Waals surface area contributed by atoms with E-state index in [2.05, 4.69) is 48.0 Å². The third-order valence-corrected chi connectivity index (χ3v) is 6.79. The first-order valence-electron chi connectivity index (χ1n) is 10.2. The molecule has 5 rings (SSSR count). The average molecular weight is 380 g/mol. The van der Waals surface area contributed by atoms with Crippen molar-refractivity contribution in [3.8, 4) is 5.69 Å². The maximum atomic E-state index is 5.49. The number of hydrogen-bond acceptors (Lipinski definition) is 4. The Morgan fingerprint density at radius 3 is 2.64 bits per heavy atom. The zero-order chi connectivity index (χ0) is 19.5. The average Bonchev–Trinajstić information content (AvgIpc) is 3.24. The van der Waals surface area contributed by atoms with E-state index < -0.39 is 0 Å². The molecule has 0 amide bonds. The van der Waals surface area contributed by atoms with Crippen molar-refractivity contribution < 1.29 is 4.74 Å². The van der Waals surface area contributed by atoms with Crippen molar-refractivity contribution in [1.29, 1.82) is 0 Å². The Morgan fingerprint density at radius 1 is 1.18 bits per heavy atom. The molecular weight excluding hydrogens is 350 g/mol. The van der Waals surface area contributed by atoms with Crippen molar-refractivity contribution in [2.45, 2.75) is 38.6 Å². The van der Waals surface area contributed by atoms with Crippen LogP contribution in [-0.4, -0.2) is 56.3 Å². The van der Waals surface area contributed by atoms with Crippen molar-refractivity contribution in [2.75, 3.05) is 26.3 Å². The molecule has 148 valence electrons. The Kier molecular flexibility index (Phi) is 4.10. The van der Waals surface area contributed by atoms with Gasteiger partial charge >= 0.3 is 0 Å². The Labute approximate surface area is 166 Å². The number of likely N-dealkylation sites (tertiary alicyclic amines) is 1. The van der Waals surface area contributed by atoms with Crippen LogP contribution in [0.1, 0.15) is 37.3 Å². The predicted octanol–water partition coefficient (Wildman–Crippen LogP) is 3.28. The van der Waals surface area contributed by atoms with Crippen LogP contribution in [0.2, 0.25) is 0 Å². The van der Waals surface area contributed by atoms with Crippen LogP contribution >= 0.6 is 0 Å². The van der Waals surface area contributed by atoms with Crippen LogP contribution in [0.15, 0.2) is 30.7 Å². The second-order valence-corrected chi connectivity index (χ2v) is 9.00. The van der Waals surface area contributed by atoms with Crippen LogP contribution in [0, 0.1) is 12.8 Å². The van der Waals surface area contributed by atoms with E-state index in [1.54, 1.807) is 0 Å². The van der Waals surface area contributed by atoms with E-state index in [0.29, 0.717) is 11.8 Å². The molecular formula is C22H29N5O. The molecule has 0 aliphatic carbocycles. The molecule has 2 aliphatic heterocycles. The molecule has 2 aliphatic rings. The number of aryl methyl sites for hydroxylation is 2. The quantitative estimate of drug-likeness (QED) is 0.701. The molecule has 0 radical (unpaired) electrons. The zero-order valence-corrected chi connectivity index (χ0v) is 17.2. The van der Waals surface area contributed by atoms with E-state index >= 15 is 0 Å². The summed E-state index contributed by atoms with van der Waals surface area (Å²) in [5, 5.41) is 10.1. The first-order valence-corrected chi connectivity index (χ1v) is 10.2. The Bertz CT molecular complexity index is 1020. The fourth-order valence-electron chi connectivity index (χ4n) is 5.00. The highest BCUT2D eigenvalue weighted by atomic mass is 16.5. The number of nitrogens with zero attached hydrogens (tertiary/aromatic N) is 5. The van der Waals surface area contributed by atoms with E-state index in [4.69, 9.17) is 4.74 Å². The summed E-state index contributed by atoms with van der Waals surface area (Å²) in [6, 6.07) is 4.67. The predicted molar refractivity (Wildman–Crippen MR) is 110 cm³/mol. The van der Waals surface area contributed by atoms with Gasteiger partial charge in [-0.3, -0.25) is 9.58 Å². The van der Waals surface area contributed by atoms with Crippen molar-refractivity contribution in [2.24, 2.45) is 13.0 Å². The molecule has 0 saturated carbocycles. The molecule has 28 heavy (non-hydrogen) atoms. The minimum absolute atomic E-state index is 0.247. The monoisotopic (exact) mass is 379 g/mol. The molecule has 2 fully saturated rings. The van der Waals surface area contributed by atoms with Gasteiger partial charge in [-0.25, -0.2) is 4.68 Å². The van der Waals surface area contributed by atoms with Crippen molar-refractivity contribution in [3.05, 3.63) is 41.9 Å². The van der Waals surface area contributed by atoms with Gasteiger partial charge < -0.3 is 4.74 Å². The number of piperidine rings is 1. The Hall–Kier alpha value is -2.18. The maximum absolute atomic E-state index is 5.49. The van der Waals surface area contributed by atoms with Gasteiger partial charge in [0.05, 0.1) is 42.9 Å². The Morgan fingerprint density at radius 2 is 2.00 bits per heavy atom. The number of benzene rings is 1. The maximum Gasteiger partial charge on any atom is 0.103 e. The molecule has 0 unspecified atom stereocenters. The molecule has 2 atom stereocenters. The van der Waals surface area contributed by atoms with E-state index in [0.717, 1.165) is 32.0 Å². The summed E-state index contributed by atoms with van der Waals surface area (Å²) in [7, 11) is 1.94. The molecule has 6 nitrogen and oxygen atoms in total. The lowest BCUT2D eigenvalue weighted by atomic mass is 9.78. The van der Waals surface area contributed by atoms with Gasteiger partial charge in [-0.05, 0) is 61.9 Å². The summed E-state index contributed by atoms with van der Waals surface area (Å²) >= 11 is 0. The standard InChI is InChI=1S/C22H29N5O/c1-15-7-17-9-24-27(18-10-23-25(4)12-18)21(17)8-20(15)19-5-6-26(11-16(19)2)22(3)13-28-14-22/h7-10,12,16,19H,5-6,11,13-14H2,1-4H3/t16-,19-/m1/s1. The van der Waals surface area contributed by atoms with Crippen molar-refractivity contribution in [3.63, 3.8) is 0 Å².